The van der Waals surface area contributed by atoms with Crippen LogP contribution in [0, 0.1) is 11.8 Å². The lowest BCUT2D eigenvalue weighted by atomic mass is 9.92. The van der Waals surface area contributed by atoms with Gasteiger partial charge in [0.1, 0.15) is 0 Å². The topological polar surface area (TPSA) is 24.5 Å². The molecule has 0 amide bonds. The standard InChI is InChI=1S/C15H30N2O/c1-3-7-16-11-14-4-8-17(12-14)13(2)15-5-9-18-10-6-15/h13-16H,3-12H2,1-2H3. The first-order valence-corrected chi connectivity index (χ1v) is 7.83. The van der Waals surface area contributed by atoms with Crippen molar-refractivity contribution < 1.29 is 4.74 Å². The van der Waals surface area contributed by atoms with E-state index in [-0.39, 0.29) is 0 Å². The predicted octanol–water partition coefficient (Wildman–Crippen LogP) is 2.12. The third-order valence-corrected chi connectivity index (χ3v) is 4.70. The van der Waals surface area contributed by atoms with E-state index in [1.165, 1.54) is 51.9 Å². The Morgan fingerprint density at radius 1 is 1.28 bits per heavy atom. The number of hydrogen-bond acceptors (Lipinski definition) is 3. The Bertz CT molecular complexity index is 229. The molecule has 2 saturated heterocycles. The summed E-state index contributed by atoms with van der Waals surface area (Å²) in [5.41, 5.74) is 0. The minimum atomic E-state index is 0.755. The largest absolute Gasteiger partial charge is 0.381 e. The van der Waals surface area contributed by atoms with Gasteiger partial charge in [0.05, 0.1) is 0 Å². The van der Waals surface area contributed by atoms with E-state index in [4.69, 9.17) is 4.74 Å². The molecule has 2 aliphatic heterocycles. The lowest BCUT2D eigenvalue weighted by Crippen LogP contribution is -2.40. The molecule has 0 bridgehead atoms. The van der Waals surface area contributed by atoms with Crippen LogP contribution in [0.15, 0.2) is 0 Å². The maximum atomic E-state index is 5.47. The molecular formula is C15H30N2O. The third kappa shape index (κ3) is 3.94. The number of nitrogens with one attached hydrogen (secondary N) is 1. The Hall–Kier alpha value is -0.120. The highest BCUT2D eigenvalue weighted by Crippen LogP contribution is 2.27. The van der Waals surface area contributed by atoms with Gasteiger partial charge < -0.3 is 15.0 Å². The first kappa shape index (κ1) is 14.3. The highest BCUT2D eigenvalue weighted by molar-refractivity contribution is 4.84. The maximum absolute atomic E-state index is 5.47. The van der Waals surface area contributed by atoms with Crippen LogP contribution in [0.4, 0.5) is 0 Å². The van der Waals surface area contributed by atoms with E-state index in [1.807, 2.05) is 0 Å². The van der Waals surface area contributed by atoms with Crippen LogP contribution < -0.4 is 5.32 Å². The number of likely N-dealkylation sites (tertiary alicyclic amines) is 1. The average Bonchev–Trinajstić information content (AvgIpc) is 2.88. The van der Waals surface area contributed by atoms with Crippen LogP contribution in [-0.4, -0.2) is 50.3 Å². The van der Waals surface area contributed by atoms with Crippen molar-refractivity contribution in [1.82, 2.24) is 10.2 Å². The number of nitrogens with zero attached hydrogens (tertiary/aromatic N) is 1. The van der Waals surface area contributed by atoms with E-state index in [1.54, 1.807) is 0 Å². The van der Waals surface area contributed by atoms with Gasteiger partial charge in [-0.15, -0.1) is 0 Å². The summed E-state index contributed by atoms with van der Waals surface area (Å²) < 4.78 is 5.47. The zero-order chi connectivity index (χ0) is 12.8. The Labute approximate surface area is 112 Å². The van der Waals surface area contributed by atoms with Crippen molar-refractivity contribution in [2.45, 2.75) is 45.6 Å². The van der Waals surface area contributed by atoms with Crippen molar-refractivity contribution in [1.29, 1.82) is 0 Å². The molecule has 2 aliphatic rings. The van der Waals surface area contributed by atoms with Crippen LogP contribution >= 0.6 is 0 Å². The third-order valence-electron chi connectivity index (χ3n) is 4.70. The minimum Gasteiger partial charge on any atom is -0.381 e. The molecule has 2 rings (SSSR count). The van der Waals surface area contributed by atoms with Gasteiger partial charge >= 0.3 is 0 Å². The molecule has 2 unspecified atom stereocenters. The number of ether oxygens (including phenoxy) is 1. The van der Waals surface area contributed by atoms with E-state index in [0.717, 1.165) is 31.1 Å². The van der Waals surface area contributed by atoms with Gasteiger partial charge in [-0.05, 0) is 64.1 Å². The molecule has 0 spiro atoms. The second-order valence-corrected chi connectivity index (χ2v) is 6.04. The van der Waals surface area contributed by atoms with E-state index in [0.29, 0.717) is 0 Å². The van der Waals surface area contributed by atoms with E-state index in [9.17, 15) is 0 Å². The quantitative estimate of drug-likeness (QED) is 0.735. The maximum Gasteiger partial charge on any atom is 0.0469 e. The van der Waals surface area contributed by atoms with Gasteiger partial charge in [0, 0.05) is 25.8 Å². The zero-order valence-corrected chi connectivity index (χ0v) is 12.2. The SMILES string of the molecule is CCCNCC1CCN(C(C)C2CCOCC2)C1. The summed E-state index contributed by atoms with van der Waals surface area (Å²) in [7, 11) is 0. The normalized spacial score (nSPS) is 28.7. The molecule has 0 radical (unpaired) electrons. The fourth-order valence-electron chi connectivity index (χ4n) is 3.38. The van der Waals surface area contributed by atoms with Crippen LogP contribution in [0.2, 0.25) is 0 Å². The second-order valence-electron chi connectivity index (χ2n) is 6.04. The van der Waals surface area contributed by atoms with Crippen LogP contribution in [0.1, 0.15) is 39.5 Å². The molecule has 1 N–H and O–H groups in total. The highest BCUT2D eigenvalue weighted by atomic mass is 16.5. The molecule has 3 nitrogen and oxygen atoms in total. The van der Waals surface area contributed by atoms with Crippen molar-refractivity contribution in [3.8, 4) is 0 Å². The van der Waals surface area contributed by atoms with Crippen molar-refractivity contribution in [2.75, 3.05) is 39.4 Å². The fraction of sp³-hybridized carbons (Fsp3) is 1.00. The van der Waals surface area contributed by atoms with Gasteiger partial charge in [-0.3, -0.25) is 0 Å². The van der Waals surface area contributed by atoms with Gasteiger partial charge in [0.25, 0.3) is 0 Å². The average molecular weight is 254 g/mol. The Morgan fingerprint density at radius 3 is 2.78 bits per heavy atom. The molecular weight excluding hydrogens is 224 g/mol. The van der Waals surface area contributed by atoms with Crippen LogP contribution in [0.5, 0.6) is 0 Å². The molecule has 2 heterocycles. The summed E-state index contributed by atoms with van der Waals surface area (Å²) in [5, 5.41) is 3.57. The number of rotatable bonds is 6. The molecule has 3 heteroatoms. The van der Waals surface area contributed by atoms with E-state index in [2.05, 4.69) is 24.1 Å². The monoisotopic (exact) mass is 254 g/mol. The highest BCUT2D eigenvalue weighted by Gasteiger charge is 2.30. The van der Waals surface area contributed by atoms with Crippen molar-refractivity contribution in [3.63, 3.8) is 0 Å². The first-order chi connectivity index (χ1) is 8.81. The molecule has 0 aromatic rings. The molecule has 2 atom stereocenters. The van der Waals surface area contributed by atoms with Crippen LogP contribution in [0.25, 0.3) is 0 Å². The van der Waals surface area contributed by atoms with Gasteiger partial charge in [-0.2, -0.15) is 0 Å². The predicted molar refractivity (Wildman–Crippen MR) is 75.8 cm³/mol. The Kier molecular flexibility index (Phi) is 5.93. The van der Waals surface area contributed by atoms with Crippen molar-refractivity contribution in [2.24, 2.45) is 11.8 Å². The molecule has 0 aromatic heterocycles. The second kappa shape index (κ2) is 7.46. The zero-order valence-electron chi connectivity index (χ0n) is 12.2. The summed E-state index contributed by atoms with van der Waals surface area (Å²) in [6, 6.07) is 0.755. The molecule has 18 heavy (non-hydrogen) atoms. The van der Waals surface area contributed by atoms with Gasteiger partial charge in [-0.25, -0.2) is 0 Å². The van der Waals surface area contributed by atoms with Gasteiger partial charge in [0.2, 0.25) is 0 Å². The molecule has 0 aromatic carbocycles. The van der Waals surface area contributed by atoms with Crippen molar-refractivity contribution in [3.05, 3.63) is 0 Å². The summed E-state index contributed by atoms with van der Waals surface area (Å²) in [4.78, 5) is 2.72. The molecule has 2 fully saturated rings. The fourth-order valence-corrected chi connectivity index (χ4v) is 3.38. The van der Waals surface area contributed by atoms with E-state index < -0.39 is 0 Å². The van der Waals surface area contributed by atoms with E-state index >= 15 is 0 Å². The molecule has 106 valence electrons. The number of hydrogen-bond donors (Lipinski definition) is 1. The van der Waals surface area contributed by atoms with Gasteiger partial charge in [0.15, 0.2) is 0 Å². The van der Waals surface area contributed by atoms with Gasteiger partial charge in [-0.1, -0.05) is 6.92 Å². The summed E-state index contributed by atoms with van der Waals surface area (Å²) in [5.74, 6) is 1.74. The Morgan fingerprint density at radius 2 is 2.06 bits per heavy atom. The van der Waals surface area contributed by atoms with Crippen LogP contribution in [-0.2, 0) is 4.74 Å². The summed E-state index contributed by atoms with van der Waals surface area (Å²) in [6.45, 7) is 11.6. The van der Waals surface area contributed by atoms with Crippen molar-refractivity contribution >= 4 is 0 Å². The smallest absolute Gasteiger partial charge is 0.0469 e. The first-order valence-electron chi connectivity index (χ1n) is 7.83. The molecule has 0 aliphatic carbocycles. The minimum absolute atomic E-state index is 0.755. The summed E-state index contributed by atoms with van der Waals surface area (Å²) in [6.07, 6.45) is 5.14. The lowest BCUT2D eigenvalue weighted by molar-refractivity contribution is 0.0348. The van der Waals surface area contributed by atoms with Crippen LogP contribution in [0.3, 0.4) is 0 Å². The molecule has 0 saturated carbocycles. The Balaban J connectivity index is 1.70. The summed E-state index contributed by atoms with van der Waals surface area (Å²) >= 11 is 0. The lowest BCUT2D eigenvalue weighted by Gasteiger charge is -2.34.